The Labute approximate surface area is 93.5 Å². The molecule has 0 bridgehead atoms. The van der Waals surface area contributed by atoms with Gasteiger partial charge in [0.05, 0.1) is 5.60 Å². The summed E-state index contributed by atoms with van der Waals surface area (Å²) in [4.78, 5) is 0. The van der Waals surface area contributed by atoms with Gasteiger partial charge < -0.3 is 10.4 Å². The van der Waals surface area contributed by atoms with Crippen molar-refractivity contribution in [2.75, 3.05) is 13.1 Å². The van der Waals surface area contributed by atoms with E-state index in [-0.39, 0.29) is 5.60 Å². The first-order valence-electron chi connectivity index (χ1n) is 6.51. The number of rotatable bonds is 2. The van der Waals surface area contributed by atoms with E-state index in [4.69, 9.17) is 0 Å². The largest absolute Gasteiger partial charge is 0.390 e. The molecular formula is C13H25NO. The van der Waals surface area contributed by atoms with Gasteiger partial charge in [0.2, 0.25) is 0 Å². The van der Waals surface area contributed by atoms with Gasteiger partial charge in [-0.1, -0.05) is 13.3 Å². The lowest BCUT2D eigenvalue weighted by Gasteiger charge is -2.46. The third kappa shape index (κ3) is 2.21. The smallest absolute Gasteiger partial charge is 0.0620 e. The molecule has 0 aromatic heterocycles. The highest BCUT2D eigenvalue weighted by atomic mass is 16.3. The van der Waals surface area contributed by atoms with Crippen LogP contribution in [0.4, 0.5) is 0 Å². The molecule has 88 valence electrons. The Balaban J connectivity index is 2.03. The van der Waals surface area contributed by atoms with Gasteiger partial charge in [-0.2, -0.15) is 0 Å². The summed E-state index contributed by atoms with van der Waals surface area (Å²) in [5.41, 5.74) is 0.149. The van der Waals surface area contributed by atoms with Crippen LogP contribution in [0.5, 0.6) is 0 Å². The molecule has 0 radical (unpaired) electrons. The van der Waals surface area contributed by atoms with Gasteiger partial charge >= 0.3 is 0 Å². The predicted octanol–water partition coefficient (Wildman–Crippen LogP) is 2.32. The number of nitrogens with one attached hydrogen (secondary N) is 1. The first-order chi connectivity index (χ1) is 7.08. The SMILES string of the molecule is CCC1(C2CCNC2)CCC(C)(O)CC1. The Morgan fingerprint density at radius 1 is 1.27 bits per heavy atom. The van der Waals surface area contributed by atoms with Crippen LogP contribution >= 0.6 is 0 Å². The van der Waals surface area contributed by atoms with Crippen LogP contribution in [0.3, 0.4) is 0 Å². The van der Waals surface area contributed by atoms with Gasteiger partial charge in [0.25, 0.3) is 0 Å². The summed E-state index contributed by atoms with van der Waals surface area (Å²) in [6.45, 7) is 6.73. The van der Waals surface area contributed by atoms with Crippen LogP contribution in [0, 0.1) is 11.3 Å². The van der Waals surface area contributed by atoms with Crippen LogP contribution in [-0.2, 0) is 0 Å². The minimum atomic E-state index is -0.384. The zero-order valence-corrected chi connectivity index (χ0v) is 10.2. The molecule has 1 aliphatic carbocycles. The fraction of sp³-hybridized carbons (Fsp3) is 1.00. The molecule has 15 heavy (non-hydrogen) atoms. The molecule has 2 heteroatoms. The Kier molecular flexibility index (Phi) is 3.09. The Morgan fingerprint density at radius 2 is 1.93 bits per heavy atom. The van der Waals surface area contributed by atoms with Crippen molar-refractivity contribution < 1.29 is 5.11 Å². The van der Waals surface area contributed by atoms with Crippen molar-refractivity contribution in [3.8, 4) is 0 Å². The van der Waals surface area contributed by atoms with Crippen molar-refractivity contribution in [3.63, 3.8) is 0 Å². The second-order valence-corrected chi connectivity index (χ2v) is 5.90. The van der Waals surface area contributed by atoms with Gasteiger partial charge in [-0.3, -0.25) is 0 Å². The molecule has 1 aliphatic heterocycles. The molecule has 2 N–H and O–H groups in total. The molecule has 1 heterocycles. The molecule has 1 saturated carbocycles. The summed E-state index contributed by atoms with van der Waals surface area (Å²) in [6, 6.07) is 0. The Hall–Kier alpha value is -0.0800. The van der Waals surface area contributed by atoms with Crippen LogP contribution < -0.4 is 5.32 Å². The maximum atomic E-state index is 10.0. The molecule has 2 fully saturated rings. The van der Waals surface area contributed by atoms with E-state index in [1.807, 2.05) is 6.92 Å². The minimum absolute atomic E-state index is 0.384. The van der Waals surface area contributed by atoms with Gasteiger partial charge in [0.15, 0.2) is 0 Å². The highest BCUT2D eigenvalue weighted by molar-refractivity contribution is 4.96. The van der Waals surface area contributed by atoms with E-state index >= 15 is 0 Å². The number of aliphatic hydroxyl groups is 1. The van der Waals surface area contributed by atoms with Gasteiger partial charge in [-0.15, -0.1) is 0 Å². The predicted molar refractivity (Wildman–Crippen MR) is 62.8 cm³/mol. The normalized spacial score (nSPS) is 47.0. The second-order valence-electron chi connectivity index (χ2n) is 5.90. The number of hydrogen-bond donors (Lipinski definition) is 2. The van der Waals surface area contributed by atoms with Crippen molar-refractivity contribution in [1.29, 1.82) is 0 Å². The second kappa shape index (κ2) is 4.06. The lowest BCUT2D eigenvalue weighted by atomic mass is 9.61. The lowest BCUT2D eigenvalue weighted by molar-refractivity contribution is -0.0383. The number of hydrogen-bond acceptors (Lipinski definition) is 2. The monoisotopic (exact) mass is 211 g/mol. The summed E-state index contributed by atoms with van der Waals surface area (Å²) < 4.78 is 0. The fourth-order valence-electron chi connectivity index (χ4n) is 3.51. The maximum Gasteiger partial charge on any atom is 0.0620 e. The van der Waals surface area contributed by atoms with E-state index < -0.39 is 0 Å². The molecule has 2 nitrogen and oxygen atoms in total. The molecule has 2 aliphatic rings. The van der Waals surface area contributed by atoms with Crippen molar-refractivity contribution in [1.82, 2.24) is 5.32 Å². The van der Waals surface area contributed by atoms with Crippen molar-refractivity contribution in [2.24, 2.45) is 11.3 Å². The first kappa shape index (κ1) is 11.4. The van der Waals surface area contributed by atoms with Crippen LogP contribution in [0.1, 0.15) is 52.4 Å². The van der Waals surface area contributed by atoms with E-state index in [9.17, 15) is 5.11 Å². The van der Waals surface area contributed by atoms with Crippen LogP contribution in [0.2, 0.25) is 0 Å². The van der Waals surface area contributed by atoms with Gasteiger partial charge in [0.1, 0.15) is 0 Å². The third-order valence-electron chi connectivity index (χ3n) is 4.95. The lowest BCUT2D eigenvalue weighted by Crippen LogP contribution is -2.41. The van der Waals surface area contributed by atoms with Crippen LogP contribution in [0.15, 0.2) is 0 Å². The molecule has 0 spiro atoms. The van der Waals surface area contributed by atoms with Gasteiger partial charge in [-0.25, -0.2) is 0 Å². The summed E-state index contributed by atoms with van der Waals surface area (Å²) in [5.74, 6) is 0.860. The quantitative estimate of drug-likeness (QED) is 0.734. The van der Waals surface area contributed by atoms with E-state index in [1.165, 1.54) is 38.8 Å². The molecule has 1 atom stereocenters. The summed E-state index contributed by atoms with van der Waals surface area (Å²) in [5, 5.41) is 13.5. The van der Waals surface area contributed by atoms with Crippen molar-refractivity contribution in [2.45, 2.75) is 58.0 Å². The third-order valence-corrected chi connectivity index (χ3v) is 4.95. The average Bonchev–Trinajstić information content (AvgIpc) is 2.72. The van der Waals surface area contributed by atoms with Crippen LogP contribution in [0.25, 0.3) is 0 Å². The summed E-state index contributed by atoms with van der Waals surface area (Å²) >= 11 is 0. The zero-order chi connectivity index (χ0) is 10.9. The Morgan fingerprint density at radius 3 is 2.40 bits per heavy atom. The highest BCUT2D eigenvalue weighted by Crippen LogP contribution is 2.49. The standard InChI is InChI=1S/C13H25NO/c1-3-13(11-4-9-14-10-11)7-5-12(2,15)6-8-13/h11,14-15H,3-10H2,1-2H3. The zero-order valence-electron chi connectivity index (χ0n) is 10.2. The van der Waals surface area contributed by atoms with E-state index in [0.29, 0.717) is 5.41 Å². The topological polar surface area (TPSA) is 32.3 Å². The molecule has 1 unspecified atom stereocenters. The summed E-state index contributed by atoms with van der Waals surface area (Å²) in [7, 11) is 0. The molecule has 1 saturated heterocycles. The van der Waals surface area contributed by atoms with E-state index in [1.54, 1.807) is 0 Å². The highest BCUT2D eigenvalue weighted by Gasteiger charge is 2.43. The van der Waals surface area contributed by atoms with Crippen molar-refractivity contribution in [3.05, 3.63) is 0 Å². The van der Waals surface area contributed by atoms with Gasteiger partial charge in [-0.05, 0) is 63.5 Å². The molecular weight excluding hydrogens is 186 g/mol. The maximum absolute atomic E-state index is 10.0. The summed E-state index contributed by atoms with van der Waals surface area (Å²) in [6.07, 6.45) is 7.08. The molecule has 0 amide bonds. The molecule has 0 aromatic carbocycles. The fourth-order valence-corrected chi connectivity index (χ4v) is 3.51. The van der Waals surface area contributed by atoms with E-state index in [2.05, 4.69) is 12.2 Å². The molecule has 2 rings (SSSR count). The Bertz CT molecular complexity index is 209. The van der Waals surface area contributed by atoms with E-state index in [0.717, 1.165) is 18.8 Å². The average molecular weight is 211 g/mol. The first-order valence-corrected chi connectivity index (χ1v) is 6.51. The van der Waals surface area contributed by atoms with Crippen molar-refractivity contribution >= 4 is 0 Å². The minimum Gasteiger partial charge on any atom is -0.390 e. The van der Waals surface area contributed by atoms with Gasteiger partial charge in [0, 0.05) is 0 Å². The van der Waals surface area contributed by atoms with Crippen LogP contribution in [-0.4, -0.2) is 23.8 Å². The molecule has 0 aromatic rings.